The number of piperidine rings is 1. The van der Waals surface area contributed by atoms with Gasteiger partial charge >= 0.3 is 0 Å². The number of primary amides is 1. The van der Waals surface area contributed by atoms with Gasteiger partial charge < -0.3 is 11.1 Å². The molecule has 1 saturated heterocycles. The number of carbonyl (C=O) groups is 2. The van der Waals surface area contributed by atoms with Crippen LogP contribution in [0, 0.1) is 5.92 Å². The van der Waals surface area contributed by atoms with Crippen LogP contribution in [0.1, 0.15) is 24.8 Å². The molecule has 2 heterocycles. The van der Waals surface area contributed by atoms with E-state index < -0.39 is 11.8 Å². The van der Waals surface area contributed by atoms with E-state index in [1.807, 2.05) is 19.1 Å². The molecular formula is C12H15N3O2. The van der Waals surface area contributed by atoms with Gasteiger partial charge in [-0.2, -0.15) is 0 Å². The Balaban J connectivity index is 2.23. The summed E-state index contributed by atoms with van der Waals surface area (Å²) in [6, 6.07) is 3.80. The molecule has 0 aliphatic carbocycles. The number of hydrogen-bond acceptors (Lipinski definition) is 3. The van der Waals surface area contributed by atoms with Crippen molar-refractivity contribution >= 4 is 11.8 Å². The smallest absolute Gasteiger partial charge is 0.232 e. The minimum Gasteiger partial charge on any atom is -0.369 e. The SMILES string of the molecule is CC1NC(=O)C(C(N)=O)CC1c1ccncc1. The van der Waals surface area contributed by atoms with Gasteiger partial charge in [-0.1, -0.05) is 0 Å². The number of rotatable bonds is 2. The molecule has 1 aliphatic heterocycles. The molecular weight excluding hydrogens is 218 g/mol. The predicted molar refractivity (Wildman–Crippen MR) is 61.9 cm³/mol. The van der Waals surface area contributed by atoms with E-state index in [9.17, 15) is 9.59 Å². The van der Waals surface area contributed by atoms with Crippen molar-refractivity contribution in [3.05, 3.63) is 30.1 Å². The van der Waals surface area contributed by atoms with Crippen molar-refractivity contribution in [2.75, 3.05) is 0 Å². The van der Waals surface area contributed by atoms with Gasteiger partial charge in [0.25, 0.3) is 0 Å². The van der Waals surface area contributed by atoms with Crippen molar-refractivity contribution < 1.29 is 9.59 Å². The van der Waals surface area contributed by atoms with Gasteiger partial charge in [-0.25, -0.2) is 0 Å². The van der Waals surface area contributed by atoms with Crippen LogP contribution in [0.4, 0.5) is 0 Å². The summed E-state index contributed by atoms with van der Waals surface area (Å²) in [6.45, 7) is 1.93. The molecule has 1 aliphatic rings. The normalized spacial score (nSPS) is 28.5. The van der Waals surface area contributed by atoms with E-state index in [-0.39, 0.29) is 17.9 Å². The summed E-state index contributed by atoms with van der Waals surface area (Å²) in [5, 5.41) is 2.80. The summed E-state index contributed by atoms with van der Waals surface area (Å²) in [4.78, 5) is 26.8. The maximum absolute atomic E-state index is 11.6. The van der Waals surface area contributed by atoms with E-state index in [2.05, 4.69) is 10.3 Å². The molecule has 0 saturated carbocycles. The largest absolute Gasteiger partial charge is 0.369 e. The first kappa shape index (κ1) is 11.6. The highest BCUT2D eigenvalue weighted by Crippen LogP contribution is 2.30. The van der Waals surface area contributed by atoms with Gasteiger partial charge in [0.15, 0.2) is 0 Å². The second kappa shape index (κ2) is 4.53. The van der Waals surface area contributed by atoms with Crippen LogP contribution in [0.15, 0.2) is 24.5 Å². The van der Waals surface area contributed by atoms with Gasteiger partial charge in [-0.3, -0.25) is 14.6 Å². The number of nitrogens with two attached hydrogens (primary N) is 1. The highest BCUT2D eigenvalue weighted by atomic mass is 16.2. The first-order valence-corrected chi connectivity index (χ1v) is 5.59. The van der Waals surface area contributed by atoms with Crippen LogP contribution in [0.3, 0.4) is 0 Å². The molecule has 1 aromatic heterocycles. The quantitative estimate of drug-likeness (QED) is 0.714. The first-order chi connectivity index (χ1) is 8.09. The summed E-state index contributed by atoms with van der Waals surface area (Å²) < 4.78 is 0. The van der Waals surface area contributed by atoms with E-state index in [1.165, 1.54) is 0 Å². The molecule has 0 bridgehead atoms. The third-order valence-corrected chi connectivity index (χ3v) is 3.26. The molecule has 5 heteroatoms. The molecule has 3 unspecified atom stereocenters. The van der Waals surface area contributed by atoms with Gasteiger partial charge in [0.2, 0.25) is 11.8 Å². The summed E-state index contributed by atoms with van der Waals surface area (Å²) in [5.74, 6) is -1.46. The number of amides is 2. The standard InChI is InChI=1S/C12H15N3O2/c1-7-9(8-2-4-14-5-3-8)6-10(11(13)16)12(17)15-7/h2-5,7,9-10H,6H2,1H3,(H2,13,16)(H,15,17). The van der Waals surface area contributed by atoms with Crippen LogP contribution < -0.4 is 11.1 Å². The zero-order valence-corrected chi connectivity index (χ0v) is 9.59. The lowest BCUT2D eigenvalue weighted by Gasteiger charge is -2.33. The number of nitrogens with zero attached hydrogens (tertiary/aromatic N) is 1. The van der Waals surface area contributed by atoms with E-state index in [1.54, 1.807) is 12.4 Å². The second-order valence-corrected chi connectivity index (χ2v) is 4.37. The fourth-order valence-corrected chi connectivity index (χ4v) is 2.27. The van der Waals surface area contributed by atoms with Crippen LogP contribution >= 0.6 is 0 Å². The first-order valence-electron chi connectivity index (χ1n) is 5.59. The topological polar surface area (TPSA) is 85.1 Å². The molecule has 1 fully saturated rings. The molecule has 0 spiro atoms. The number of aromatic nitrogens is 1. The van der Waals surface area contributed by atoms with Gasteiger partial charge in [0.1, 0.15) is 5.92 Å². The third-order valence-electron chi connectivity index (χ3n) is 3.26. The Bertz CT molecular complexity index is 433. The molecule has 90 valence electrons. The summed E-state index contributed by atoms with van der Waals surface area (Å²) in [5.41, 5.74) is 6.30. The number of nitrogens with one attached hydrogen (secondary N) is 1. The third kappa shape index (κ3) is 2.27. The lowest BCUT2D eigenvalue weighted by Crippen LogP contribution is -2.50. The van der Waals surface area contributed by atoms with Gasteiger partial charge in [0.05, 0.1) is 0 Å². The lowest BCUT2D eigenvalue weighted by molar-refractivity contribution is -0.136. The minimum atomic E-state index is -0.732. The fraction of sp³-hybridized carbons (Fsp3) is 0.417. The van der Waals surface area contributed by atoms with Crippen LogP contribution in [-0.4, -0.2) is 22.8 Å². The van der Waals surface area contributed by atoms with Crippen molar-refractivity contribution in [2.24, 2.45) is 11.7 Å². The van der Waals surface area contributed by atoms with Gasteiger partial charge in [-0.15, -0.1) is 0 Å². The average Bonchev–Trinajstić information content (AvgIpc) is 2.29. The Morgan fingerprint density at radius 2 is 2.12 bits per heavy atom. The predicted octanol–water partition coefficient (Wildman–Crippen LogP) is 0.175. The van der Waals surface area contributed by atoms with Crippen LogP contribution in [-0.2, 0) is 9.59 Å². The maximum Gasteiger partial charge on any atom is 0.232 e. The highest BCUT2D eigenvalue weighted by Gasteiger charge is 2.37. The molecule has 1 aromatic rings. The molecule has 3 atom stereocenters. The van der Waals surface area contributed by atoms with Crippen molar-refractivity contribution in [3.63, 3.8) is 0 Å². The van der Waals surface area contributed by atoms with E-state index >= 15 is 0 Å². The Morgan fingerprint density at radius 3 is 2.71 bits per heavy atom. The molecule has 5 nitrogen and oxygen atoms in total. The van der Waals surface area contributed by atoms with Crippen LogP contribution in [0.5, 0.6) is 0 Å². The number of pyridine rings is 1. The van der Waals surface area contributed by atoms with Crippen molar-refractivity contribution in [3.8, 4) is 0 Å². The lowest BCUT2D eigenvalue weighted by atomic mass is 9.80. The van der Waals surface area contributed by atoms with Gasteiger partial charge in [0, 0.05) is 24.4 Å². The Kier molecular flexibility index (Phi) is 3.08. The summed E-state index contributed by atoms with van der Waals surface area (Å²) in [7, 11) is 0. The van der Waals surface area contributed by atoms with Crippen LogP contribution in [0.2, 0.25) is 0 Å². The Labute approximate surface area is 99.4 Å². The van der Waals surface area contributed by atoms with Gasteiger partial charge in [-0.05, 0) is 31.0 Å². The van der Waals surface area contributed by atoms with Crippen molar-refractivity contribution in [1.82, 2.24) is 10.3 Å². The molecule has 0 aromatic carbocycles. The molecule has 2 rings (SSSR count). The monoisotopic (exact) mass is 233 g/mol. The summed E-state index contributed by atoms with van der Waals surface area (Å²) in [6.07, 6.45) is 3.88. The van der Waals surface area contributed by atoms with E-state index in [4.69, 9.17) is 5.73 Å². The van der Waals surface area contributed by atoms with Crippen molar-refractivity contribution in [2.45, 2.75) is 25.3 Å². The fourth-order valence-electron chi connectivity index (χ4n) is 2.27. The second-order valence-electron chi connectivity index (χ2n) is 4.37. The van der Waals surface area contributed by atoms with Crippen LogP contribution in [0.25, 0.3) is 0 Å². The van der Waals surface area contributed by atoms with E-state index in [0.29, 0.717) is 6.42 Å². The van der Waals surface area contributed by atoms with E-state index in [0.717, 1.165) is 5.56 Å². The number of carbonyl (C=O) groups excluding carboxylic acids is 2. The number of hydrogen-bond donors (Lipinski definition) is 2. The Morgan fingerprint density at radius 1 is 1.47 bits per heavy atom. The maximum atomic E-state index is 11.6. The molecule has 0 radical (unpaired) electrons. The summed E-state index contributed by atoms with van der Waals surface area (Å²) >= 11 is 0. The molecule has 17 heavy (non-hydrogen) atoms. The molecule has 3 N–H and O–H groups in total. The Hall–Kier alpha value is -1.91. The molecule has 2 amide bonds. The zero-order valence-electron chi connectivity index (χ0n) is 9.59. The minimum absolute atomic E-state index is 0.000463. The highest BCUT2D eigenvalue weighted by molar-refractivity contribution is 6.00. The van der Waals surface area contributed by atoms with Crippen molar-refractivity contribution in [1.29, 1.82) is 0 Å². The average molecular weight is 233 g/mol. The zero-order chi connectivity index (χ0) is 12.4.